The molecule has 0 saturated heterocycles. The van der Waals surface area contributed by atoms with E-state index < -0.39 is 5.82 Å². The number of anilines is 4. The number of rotatable bonds is 10. The lowest BCUT2D eigenvalue weighted by Gasteiger charge is -2.26. The summed E-state index contributed by atoms with van der Waals surface area (Å²) < 4.78 is 30.1. The van der Waals surface area contributed by atoms with E-state index >= 15 is 4.39 Å². The number of ether oxygens (including phenoxy) is 2. The standard InChI is InChI=1S/C25H28FN7O2.C25H29N7O2/c1-15(2)32-7-8-33(24-18(13-32)16(14-34)9-21(35-4)23(24)26)22-6-5-19-25(30-22)29-20(11-27-19)17-10-28-31(3)12-17;1-16(2)31-7-8-32(23-10-19(34-4)9-17(15-33)20(23)14-31)24-6-5-21-25(29-24)28-22(12-26-21)18-11-27-30(3)13-18/h5-6,9-12,15,34H,7-8,13-14H2,1-4H3;5-6,9-13,16,33H,7-8,14-15H2,1-4H3. The molecule has 8 aromatic rings. The zero-order valence-corrected chi connectivity index (χ0v) is 40.2. The molecule has 0 saturated carbocycles. The first-order valence-electron chi connectivity index (χ1n) is 22.9. The van der Waals surface area contributed by atoms with Gasteiger partial charge in [0.05, 0.1) is 75.0 Å². The van der Waals surface area contributed by atoms with Crippen molar-refractivity contribution in [1.29, 1.82) is 0 Å². The van der Waals surface area contributed by atoms with Crippen molar-refractivity contribution in [3.05, 3.63) is 108 Å². The van der Waals surface area contributed by atoms with E-state index in [1.807, 2.05) is 67.8 Å². The van der Waals surface area contributed by atoms with Crippen molar-refractivity contribution in [3.63, 3.8) is 0 Å². The molecule has 2 N–H and O–H groups in total. The van der Waals surface area contributed by atoms with E-state index in [2.05, 4.69) is 62.6 Å². The summed E-state index contributed by atoms with van der Waals surface area (Å²) in [6, 6.07) is 13.7. The fourth-order valence-corrected chi connectivity index (χ4v) is 8.89. The molecule has 2 aromatic carbocycles. The second-order valence-electron chi connectivity index (χ2n) is 17.8. The Hall–Kier alpha value is -7.19. The minimum absolute atomic E-state index is 0.0512. The summed E-state index contributed by atoms with van der Waals surface area (Å²) in [6.45, 7) is 12.4. The maximum absolute atomic E-state index is 15.8. The van der Waals surface area contributed by atoms with E-state index in [9.17, 15) is 10.2 Å². The second-order valence-corrected chi connectivity index (χ2v) is 17.8. The number of hydrogen-bond donors (Lipinski definition) is 2. The van der Waals surface area contributed by atoms with Gasteiger partial charge < -0.3 is 29.5 Å². The molecular formula is C50H57FN14O4. The molecule has 358 valence electrons. The van der Waals surface area contributed by atoms with Crippen LogP contribution >= 0.6 is 0 Å². The van der Waals surface area contributed by atoms with Crippen LogP contribution in [0.3, 0.4) is 0 Å². The molecule has 0 radical (unpaired) electrons. The van der Waals surface area contributed by atoms with Gasteiger partial charge in [-0.1, -0.05) is 0 Å². The van der Waals surface area contributed by atoms with E-state index in [1.165, 1.54) is 7.11 Å². The average molecular weight is 937 g/mol. The largest absolute Gasteiger partial charge is 0.497 e. The maximum Gasteiger partial charge on any atom is 0.189 e. The quantitative estimate of drug-likeness (QED) is 0.147. The molecule has 8 heterocycles. The summed E-state index contributed by atoms with van der Waals surface area (Å²) in [4.78, 5) is 37.0. The first-order valence-corrected chi connectivity index (χ1v) is 22.9. The Morgan fingerprint density at radius 3 is 1.64 bits per heavy atom. The van der Waals surface area contributed by atoms with Crippen LogP contribution < -0.4 is 19.3 Å². The maximum atomic E-state index is 15.8. The highest BCUT2D eigenvalue weighted by Crippen LogP contribution is 2.41. The molecule has 0 atom stereocenters. The predicted molar refractivity (Wildman–Crippen MR) is 262 cm³/mol. The van der Waals surface area contributed by atoms with Gasteiger partial charge in [0, 0.05) is 95.0 Å². The third-order valence-electron chi connectivity index (χ3n) is 12.8. The lowest BCUT2D eigenvalue weighted by Crippen LogP contribution is -2.34. The normalized spacial score (nSPS) is 14.4. The minimum Gasteiger partial charge on any atom is -0.497 e. The number of aryl methyl sites for hydroxylation is 2. The number of aliphatic hydroxyl groups excluding tert-OH is 2. The highest BCUT2D eigenvalue weighted by atomic mass is 19.1. The summed E-state index contributed by atoms with van der Waals surface area (Å²) in [5, 5.41) is 28.7. The van der Waals surface area contributed by atoms with E-state index in [-0.39, 0.29) is 25.0 Å². The van der Waals surface area contributed by atoms with E-state index in [0.29, 0.717) is 71.0 Å². The molecule has 18 nitrogen and oxygen atoms in total. The Kier molecular flexibility index (Phi) is 13.5. The molecule has 0 unspecified atom stereocenters. The van der Waals surface area contributed by atoms with Crippen LogP contribution in [-0.4, -0.2) is 122 Å². The van der Waals surface area contributed by atoms with Gasteiger partial charge in [-0.25, -0.2) is 24.3 Å². The van der Waals surface area contributed by atoms with Gasteiger partial charge in [-0.2, -0.15) is 10.2 Å². The Balaban J connectivity index is 0.000000172. The average Bonchev–Trinajstić information content (AvgIpc) is 3.88. The van der Waals surface area contributed by atoms with Gasteiger partial charge in [0.1, 0.15) is 28.4 Å². The zero-order chi connectivity index (χ0) is 48.5. The van der Waals surface area contributed by atoms with Crippen LogP contribution in [0.2, 0.25) is 0 Å². The third-order valence-corrected chi connectivity index (χ3v) is 12.8. The zero-order valence-electron chi connectivity index (χ0n) is 40.2. The van der Waals surface area contributed by atoms with Gasteiger partial charge >= 0.3 is 0 Å². The molecule has 6 aromatic heterocycles. The molecule has 0 fully saturated rings. The summed E-state index contributed by atoms with van der Waals surface area (Å²) in [5.41, 5.74) is 10.2. The SMILES string of the molecule is COc1cc(CO)c2c(c1)N(c1ccc3ncc(-c4cnn(C)c4)nc3n1)CCN(C(C)C)C2.COc1cc(CO)c2c(c1F)N(c1ccc3ncc(-c4cnn(C)c4)nc3n1)CCN(C(C)C)C2. The topological polar surface area (TPSA) is 185 Å². The van der Waals surface area contributed by atoms with Crippen LogP contribution in [0.4, 0.5) is 27.4 Å². The van der Waals surface area contributed by atoms with Crippen molar-refractivity contribution in [1.82, 2.24) is 59.3 Å². The summed E-state index contributed by atoms with van der Waals surface area (Å²) in [7, 11) is 6.79. The highest BCUT2D eigenvalue weighted by Gasteiger charge is 2.31. The molecule has 2 aliphatic heterocycles. The number of halogens is 1. The van der Waals surface area contributed by atoms with E-state index in [0.717, 1.165) is 70.2 Å². The number of hydrogen-bond acceptors (Lipinski definition) is 16. The lowest BCUT2D eigenvalue weighted by atomic mass is 10.0. The fraction of sp³-hybridized carbons (Fsp3) is 0.360. The molecule has 0 bridgehead atoms. The first kappa shape index (κ1) is 46.9. The van der Waals surface area contributed by atoms with Crippen LogP contribution in [0.1, 0.15) is 49.9 Å². The number of aromatic nitrogens is 10. The molecule has 19 heteroatoms. The van der Waals surface area contributed by atoms with Crippen LogP contribution in [0.5, 0.6) is 11.5 Å². The van der Waals surface area contributed by atoms with Crippen LogP contribution in [0, 0.1) is 5.82 Å². The Bertz CT molecular complexity index is 3140. The predicted octanol–water partition coefficient (Wildman–Crippen LogP) is 6.72. The van der Waals surface area contributed by atoms with Crippen molar-refractivity contribution in [2.24, 2.45) is 14.1 Å². The first-order chi connectivity index (χ1) is 33.3. The van der Waals surface area contributed by atoms with Crippen molar-refractivity contribution in [2.45, 2.75) is 66.1 Å². The minimum atomic E-state index is -0.470. The van der Waals surface area contributed by atoms with Gasteiger partial charge in [-0.05, 0) is 86.3 Å². The number of nitrogens with zero attached hydrogens (tertiary/aromatic N) is 14. The number of pyridine rings is 2. The Morgan fingerprint density at radius 2 is 1.14 bits per heavy atom. The Morgan fingerprint density at radius 1 is 0.623 bits per heavy atom. The number of methoxy groups -OCH3 is 2. The van der Waals surface area contributed by atoms with Gasteiger partial charge in [-0.3, -0.25) is 29.1 Å². The Labute approximate surface area is 399 Å². The van der Waals surface area contributed by atoms with E-state index in [1.54, 1.807) is 47.3 Å². The van der Waals surface area contributed by atoms with Crippen molar-refractivity contribution in [3.8, 4) is 34.0 Å². The monoisotopic (exact) mass is 936 g/mol. The van der Waals surface area contributed by atoms with Crippen LogP contribution in [-0.2, 0) is 40.4 Å². The second kappa shape index (κ2) is 19.8. The van der Waals surface area contributed by atoms with Gasteiger partial charge in [0.2, 0.25) is 0 Å². The molecule has 0 spiro atoms. The molecule has 10 rings (SSSR count). The molecule has 0 aliphatic carbocycles. The van der Waals surface area contributed by atoms with Crippen LogP contribution in [0.25, 0.3) is 44.8 Å². The summed E-state index contributed by atoms with van der Waals surface area (Å²) in [5.74, 6) is 1.68. The lowest BCUT2D eigenvalue weighted by molar-refractivity contribution is 0.220. The highest BCUT2D eigenvalue weighted by molar-refractivity contribution is 5.79. The summed E-state index contributed by atoms with van der Waals surface area (Å²) in [6.07, 6.45) is 10.7. The smallest absolute Gasteiger partial charge is 0.189 e. The molecule has 69 heavy (non-hydrogen) atoms. The molecule has 2 aliphatic rings. The van der Waals surface area contributed by atoms with E-state index in [4.69, 9.17) is 29.4 Å². The number of fused-ring (bicyclic) bond motifs is 4. The fourth-order valence-electron chi connectivity index (χ4n) is 8.89. The van der Waals surface area contributed by atoms with Crippen molar-refractivity contribution >= 4 is 45.3 Å². The van der Waals surface area contributed by atoms with Crippen LogP contribution in [0.15, 0.2) is 79.6 Å². The van der Waals surface area contributed by atoms with Gasteiger partial charge in [-0.15, -0.1) is 0 Å². The van der Waals surface area contributed by atoms with Crippen molar-refractivity contribution in [2.75, 3.05) is 50.2 Å². The van der Waals surface area contributed by atoms with Gasteiger partial charge in [0.25, 0.3) is 0 Å². The summed E-state index contributed by atoms with van der Waals surface area (Å²) >= 11 is 0. The number of aliphatic hydroxyl groups is 2. The third kappa shape index (κ3) is 9.50. The molecular weight excluding hydrogens is 880 g/mol. The molecule has 0 amide bonds. The van der Waals surface area contributed by atoms with Crippen molar-refractivity contribution < 1.29 is 24.1 Å². The number of benzene rings is 2. The van der Waals surface area contributed by atoms with Gasteiger partial charge in [0.15, 0.2) is 22.9 Å².